The number of amides is 1. The van der Waals surface area contributed by atoms with Crippen molar-refractivity contribution in [3.63, 3.8) is 0 Å². The maximum absolute atomic E-state index is 12.6. The van der Waals surface area contributed by atoms with E-state index in [0.29, 0.717) is 37.9 Å². The summed E-state index contributed by atoms with van der Waals surface area (Å²) in [5, 5.41) is 3.05. The van der Waals surface area contributed by atoms with Crippen LogP contribution in [0.2, 0.25) is 0 Å². The van der Waals surface area contributed by atoms with E-state index < -0.39 is 10.0 Å². The van der Waals surface area contributed by atoms with Crippen LogP contribution >= 0.6 is 0 Å². The summed E-state index contributed by atoms with van der Waals surface area (Å²) >= 11 is 0. The third-order valence-corrected chi connectivity index (χ3v) is 7.26. The van der Waals surface area contributed by atoms with Crippen LogP contribution in [0.3, 0.4) is 0 Å². The van der Waals surface area contributed by atoms with Crippen molar-refractivity contribution in [2.75, 3.05) is 19.6 Å². The van der Waals surface area contributed by atoms with Crippen LogP contribution in [0.5, 0.6) is 0 Å². The first-order valence-corrected chi connectivity index (χ1v) is 10.7. The summed E-state index contributed by atoms with van der Waals surface area (Å²) in [5.41, 5.74) is 0. The standard InChI is InChI=1S/C18H27N3O3S/c22-18(12-15-4-1-2-5-15)20-13-16-7-10-21(11-8-16)25(23,24)17-6-3-9-19-14-17/h3,6,9,14-16H,1-2,4-5,7-8,10-13H2,(H,20,22). The van der Waals surface area contributed by atoms with E-state index in [2.05, 4.69) is 10.3 Å². The van der Waals surface area contributed by atoms with Gasteiger partial charge in [-0.25, -0.2) is 8.42 Å². The van der Waals surface area contributed by atoms with Gasteiger partial charge in [-0.1, -0.05) is 12.8 Å². The highest BCUT2D eigenvalue weighted by Crippen LogP contribution is 2.27. The van der Waals surface area contributed by atoms with E-state index in [4.69, 9.17) is 0 Å². The van der Waals surface area contributed by atoms with Crippen LogP contribution in [0.4, 0.5) is 0 Å². The van der Waals surface area contributed by atoms with Gasteiger partial charge in [0.2, 0.25) is 15.9 Å². The second-order valence-corrected chi connectivity index (χ2v) is 9.13. The average Bonchev–Trinajstić information content (AvgIpc) is 3.14. The van der Waals surface area contributed by atoms with Gasteiger partial charge in [0.25, 0.3) is 0 Å². The summed E-state index contributed by atoms with van der Waals surface area (Å²) in [4.78, 5) is 16.2. The lowest BCUT2D eigenvalue weighted by molar-refractivity contribution is -0.122. The molecule has 1 saturated carbocycles. The Morgan fingerprint density at radius 2 is 1.88 bits per heavy atom. The minimum atomic E-state index is -3.45. The molecule has 7 heteroatoms. The quantitative estimate of drug-likeness (QED) is 0.838. The average molecular weight is 365 g/mol. The van der Waals surface area contributed by atoms with Crippen LogP contribution in [-0.4, -0.2) is 43.2 Å². The molecule has 2 aliphatic rings. The molecule has 1 aromatic rings. The lowest BCUT2D eigenvalue weighted by atomic mass is 9.97. The predicted molar refractivity (Wildman–Crippen MR) is 95.3 cm³/mol. The first-order chi connectivity index (χ1) is 12.1. The predicted octanol–water partition coefficient (Wildman–Crippen LogP) is 2.18. The van der Waals surface area contributed by atoms with Gasteiger partial charge in [-0.2, -0.15) is 4.31 Å². The van der Waals surface area contributed by atoms with Gasteiger partial charge in [0, 0.05) is 38.4 Å². The highest BCUT2D eigenvalue weighted by molar-refractivity contribution is 7.89. The number of carbonyl (C=O) groups excluding carboxylic acids is 1. The third-order valence-electron chi connectivity index (χ3n) is 5.38. The molecule has 138 valence electrons. The van der Waals surface area contributed by atoms with Gasteiger partial charge in [0.1, 0.15) is 4.90 Å². The lowest BCUT2D eigenvalue weighted by Crippen LogP contribution is -2.41. The Balaban J connectivity index is 1.43. The van der Waals surface area contributed by atoms with Gasteiger partial charge in [-0.3, -0.25) is 9.78 Å². The normalized spacial score (nSPS) is 20.6. The summed E-state index contributed by atoms with van der Waals surface area (Å²) in [6, 6.07) is 3.22. The molecule has 0 bridgehead atoms. The van der Waals surface area contributed by atoms with Crippen molar-refractivity contribution in [1.29, 1.82) is 0 Å². The van der Waals surface area contributed by atoms with E-state index in [1.807, 2.05) is 0 Å². The smallest absolute Gasteiger partial charge is 0.244 e. The van der Waals surface area contributed by atoms with Crippen molar-refractivity contribution in [3.05, 3.63) is 24.5 Å². The molecule has 1 aliphatic carbocycles. The lowest BCUT2D eigenvalue weighted by Gasteiger charge is -2.31. The fourth-order valence-corrected chi connectivity index (χ4v) is 5.24. The number of hydrogen-bond donors (Lipinski definition) is 1. The molecular weight excluding hydrogens is 338 g/mol. The largest absolute Gasteiger partial charge is 0.356 e. The third kappa shape index (κ3) is 4.79. The Kier molecular flexibility index (Phi) is 6.06. The van der Waals surface area contributed by atoms with E-state index in [9.17, 15) is 13.2 Å². The molecule has 1 saturated heterocycles. The van der Waals surface area contributed by atoms with Crippen LogP contribution in [0.1, 0.15) is 44.9 Å². The van der Waals surface area contributed by atoms with Crippen molar-refractivity contribution in [2.45, 2.75) is 49.8 Å². The van der Waals surface area contributed by atoms with Crippen molar-refractivity contribution in [3.8, 4) is 0 Å². The van der Waals surface area contributed by atoms with Crippen LogP contribution in [0.15, 0.2) is 29.4 Å². The molecule has 6 nitrogen and oxygen atoms in total. The van der Waals surface area contributed by atoms with Gasteiger partial charge in [0.05, 0.1) is 0 Å². The van der Waals surface area contributed by atoms with Crippen molar-refractivity contribution >= 4 is 15.9 Å². The van der Waals surface area contributed by atoms with Crippen molar-refractivity contribution in [2.24, 2.45) is 11.8 Å². The Morgan fingerprint density at radius 3 is 2.52 bits per heavy atom. The summed E-state index contributed by atoms with van der Waals surface area (Å²) in [6.07, 6.45) is 10.0. The molecule has 1 N–H and O–H groups in total. The van der Waals surface area contributed by atoms with E-state index in [-0.39, 0.29) is 10.8 Å². The Labute approximate surface area is 150 Å². The molecule has 0 aromatic carbocycles. The van der Waals surface area contributed by atoms with Crippen LogP contribution in [0, 0.1) is 11.8 Å². The highest BCUT2D eigenvalue weighted by atomic mass is 32.2. The number of aromatic nitrogens is 1. The fraction of sp³-hybridized carbons (Fsp3) is 0.667. The monoisotopic (exact) mass is 365 g/mol. The number of hydrogen-bond acceptors (Lipinski definition) is 4. The molecular formula is C18H27N3O3S. The molecule has 1 aromatic heterocycles. The molecule has 1 aliphatic heterocycles. The summed E-state index contributed by atoms with van der Waals surface area (Å²) < 4.78 is 26.7. The zero-order chi connectivity index (χ0) is 17.7. The first kappa shape index (κ1) is 18.3. The van der Waals surface area contributed by atoms with E-state index in [0.717, 1.165) is 12.8 Å². The molecule has 25 heavy (non-hydrogen) atoms. The van der Waals surface area contributed by atoms with E-state index >= 15 is 0 Å². The molecule has 0 radical (unpaired) electrons. The number of pyridine rings is 1. The topological polar surface area (TPSA) is 79.4 Å². The number of rotatable bonds is 6. The molecule has 2 fully saturated rings. The zero-order valence-electron chi connectivity index (χ0n) is 14.6. The van der Waals surface area contributed by atoms with E-state index in [1.54, 1.807) is 18.3 Å². The van der Waals surface area contributed by atoms with Gasteiger partial charge >= 0.3 is 0 Å². The summed E-state index contributed by atoms with van der Waals surface area (Å²) in [7, 11) is -3.45. The van der Waals surface area contributed by atoms with Crippen LogP contribution in [-0.2, 0) is 14.8 Å². The second kappa shape index (κ2) is 8.27. The van der Waals surface area contributed by atoms with Crippen molar-refractivity contribution < 1.29 is 13.2 Å². The number of piperidine rings is 1. The Bertz CT molecular complexity index is 664. The molecule has 0 atom stereocenters. The van der Waals surface area contributed by atoms with Gasteiger partial charge < -0.3 is 5.32 Å². The Hall–Kier alpha value is -1.47. The molecule has 1 amide bonds. The maximum atomic E-state index is 12.6. The minimum Gasteiger partial charge on any atom is -0.356 e. The molecule has 0 spiro atoms. The van der Waals surface area contributed by atoms with Crippen LogP contribution < -0.4 is 5.32 Å². The molecule has 0 unspecified atom stereocenters. The maximum Gasteiger partial charge on any atom is 0.244 e. The van der Waals surface area contributed by atoms with Gasteiger partial charge in [-0.15, -0.1) is 0 Å². The number of carbonyl (C=O) groups is 1. The fourth-order valence-electron chi connectivity index (χ4n) is 3.81. The zero-order valence-corrected chi connectivity index (χ0v) is 15.4. The second-order valence-electron chi connectivity index (χ2n) is 7.19. The van der Waals surface area contributed by atoms with Crippen LogP contribution in [0.25, 0.3) is 0 Å². The van der Waals surface area contributed by atoms with Gasteiger partial charge in [0.15, 0.2) is 0 Å². The van der Waals surface area contributed by atoms with E-state index in [1.165, 1.54) is 36.2 Å². The number of nitrogens with zero attached hydrogens (tertiary/aromatic N) is 2. The number of nitrogens with one attached hydrogen (secondary N) is 1. The first-order valence-electron chi connectivity index (χ1n) is 9.22. The van der Waals surface area contributed by atoms with Gasteiger partial charge in [-0.05, 0) is 49.7 Å². The Morgan fingerprint density at radius 1 is 1.16 bits per heavy atom. The SMILES string of the molecule is O=C(CC1CCCC1)NCC1CCN(S(=O)(=O)c2cccnc2)CC1. The number of sulfonamides is 1. The highest BCUT2D eigenvalue weighted by Gasteiger charge is 2.29. The summed E-state index contributed by atoms with van der Waals surface area (Å²) in [6.45, 7) is 1.66. The summed E-state index contributed by atoms with van der Waals surface area (Å²) in [5.74, 6) is 1.07. The molecule has 2 heterocycles. The molecule has 3 rings (SSSR count). The minimum absolute atomic E-state index is 0.150. The van der Waals surface area contributed by atoms with Crippen molar-refractivity contribution in [1.82, 2.24) is 14.6 Å².